The number of hydrogen-bond acceptors (Lipinski definition) is 6. The van der Waals surface area contributed by atoms with Crippen molar-refractivity contribution in [3.8, 4) is 0 Å². The van der Waals surface area contributed by atoms with Crippen LogP contribution < -0.4 is 5.32 Å². The number of piperidine rings is 1. The zero-order valence-corrected chi connectivity index (χ0v) is 14.5. The van der Waals surface area contributed by atoms with E-state index >= 15 is 0 Å². The summed E-state index contributed by atoms with van der Waals surface area (Å²) in [5.74, 6) is 0.282. The minimum Gasteiger partial charge on any atom is -0.469 e. The quantitative estimate of drug-likeness (QED) is 0.814. The van der Waals surface area contributed by atoms with Gasteiger partial charge in [0.05, 0.1) is 19.2 Å². The van der Waals surface area contributed by atoms with Crippen molar-refractivity contribution in [1.82, 2.24) is 14.9 Å². The predicted octanol–water partition coefficient (Wildman–Crippen LogP) is 2.27. The predicted molar refractivity (Wildman–Crippen MR) is 96.1 cm³/mol. The average molecular weight is 340 g/mol. The minimum absolute atomic E-state index is 0.165. The molecule has 0 amide bonds. The highest BCUT2D eigenvalue weighted by Crippen LogP contribution is 2.16. The lowest BCUT2D eigenvalue weighted by atomic mass is 10.0. The van der Waals surface area contributed by atoms with Crippen molar-refractivity contribution < 1.29 is 9.53 Å². The number of esters is 1. The number of carbonyl (C=O) groups excluding carboxylic acids is 1. The van der Waals surface area contributed by atoms with Crippen LogP contribution in [0.15, 0.2) is 42.6 Å². The van der Waals surface area contributed by atoms with Crippen molar-refractivity contribution in [1.29, 1.82) is 0 Å². The second kappa shape index (κ2) is 8.58. The van der Waals surface area contributed by atoms with Crippen molar-refractivity contribution in [2.24, 2.45) is 0 Å². The standard InChI is InChI=1S/C19H24N4O2/c1-25-18(24)12-16-9-10-20-19(21-16)22-17-8-5-11-23(14-17)13-15-6-3-2-4-7-15/h2-4,6-7,9-10,17H,5,8,11-14H2,1H3,(H,20,21,22)/t17-/m1/s1. The number of likely N-dealkylation sites (tertiary alicyclic amines) is 1. The fourth-order valence-electron chi connectivity index (χ4n) is 3.13. The molecule has 0 spiro atoms. The Bertz CT molecular complexity index is 693. The summed E-state index contributed by atoms with van der Waals surface area (Å²) >= 11 is 0. The lowest BCUT2D eigenvalue weighted by Gasteiger charge is -2.33. The van der Waals surface area contributed by atoms with Crippen LogP contribution >= 0.6 is 0 Å². The number of methoxy groups -OCH3 is 1. The highest BCUT2D eigenvalue weighted by molar-refractivity contribution is 5.71. The van der Waals surface area contributed by atoms with Gasteiger partial charge in [0.1, 0.15) is 0 Å². The summed E-state index contributed by atoms with van der Waals surface area (Å²) in [6, 6.07) is 12.6. The second-order valence-corrected chi connectivity index (χ2v) is 6.33. The molecule has 0 radical (unpaired) electrons. The highest BCUT2D eigenvalue weighted by Gasteiger charge is 2.20. The van der Waals surface area contributed by atoms with E-state index in [1.807, 2.05) is 6.07 Å². The fourth-order valence-corrected chi connectivity index (χ4v) is 3.13. The van der Waals surface area contributed by atoms with E-state index in [0.29, 0.717) is 17.7 Å². The topological polar surface area (TPSA) is 67.3 Å². The molecule has 1 aliphatic rings. The Morgan fingerprint density at radius 2 is 2.16 bits per heavy atom. The first-order valence-corrected chi connectivity index (χ1v) is 8.64. The SMILES string of the molecule is COC(=O)Cc1ccnc(N[C@@H]2CCCN(Cc3ccccc3)C2)n1. The number of rotatable bonds is 6. The average Bonchev–Trinajstić information content (AvgIpc) is 2.63. The summed E-state index contributed by atoms with van der Waals surface area (Å²) in [5.41, 5.74) is 2.00. The summed E-state index contributed by atoms with van der Waals surface area (Å²) in [6.45, 7) is 3.03. The number of aromatic nitrogens is 2. The van der Waals surface area contributed by atoms with Gasteiger partial charge in [0.2, 0.25) is 5.95 Å². The number of nitrogens with one attached hydrogen (secondary N) is 1. The first kappa shape index (κ1) is 17.4. The van der Waals surface area contributed by atoms with Crippen LogP contribution in [0.2, 0.25) is 0 Å². The number of hydrogen-bond donors (Lipinski definition) is 1. The molecule has 1 atom stereocenters. The molecule has 0 unspecified atom stereocenters. The van der Waals surface area contributed by atoms with Gasteiger partial charge in [-0.25, -0.2) is 9.97 Å². The van der Waals surface area contributed by atoms with Crippen LogP contribution in [-0.2, 0) is 22.5 Å². The van der Waals surface area contributed by atoms with E-state index in [1.165, 1.54) is 12.7 Å². The van der Waals surface area contributed by atoms with E-state index in [4.69, 9.17) is 0 Å². The van der Waals surface area contributed by atoms with E-state index in [0.717, 1.165) is 32.5 Å². The van der Waals surface area contributed by atoms with Crippen LogP contribution in [0.5, 0.6) is 0 Å². The van der Waals surface area contributed by atoms with Gasteiger partial charge in [-0.05, 0) is 31.0 Å². The number of carbonyl (C=O) groups is 1. The Kier molecular flexibility index (Phi) is 5.95. The zero-order chi connectivity index (χ0) is 17.5. The number of ether oxygens (including phenoxy) is 1. The lowest BCUT2D eigenvalue weighted by molar-refractivity contribution is -0.139. The minimum atomic E-state index is -0.295. The third-order valence-electron chi connectivity index (χ3n) is 4.35. The summed E-state index contributed by atoms with van der Waals surface area (Å²) in [5, 5.41) is 3.41. The van der Waals surface area contributed by atoms with Crippen molar-refractivity contribution in [2.45, 2.75) is 31.8 Å². The van der Waals surface area contributed by atoms with Crippen LogP contribution in [0.4, 0.5) is 5.95 Å². The Morgan fingerprint density at radius 1 is 1.32 bits per heavy atom. The van der Waals surface area contributed by atoms with Crippen molar-refractivity contribution >= 4 is 11.9 Å². The smallest absolute Gasteiger partial charge is 0.311 e. The molecule has 3 rings (SSSR count). The van der Waals surface area contributed by atoms with Crippen molar-refractivity contribution in [2.75, 3.05) is 25.5 Å². The third-order valence-corrected chi connectivity index (χ3v) is 4.35. The van der Waals surface area contributed by atoms with E-state index in [1.54, 1.807) is 12.3 Å². The van der Waals surface area contributed by atoms with Crippen molar-refractivity contribution in [3.05, 3.63) is 53.9 Å². The van der Waals surface area contributed by atoms with Gasteiger partial charge in [-0.1, -0.05) is 30.3 Å². The monoisotopic (exact) mass is 340 g/mol. The maximum Gasteiger partial charge on any atom is 0.311 e. The molecule has 1 aliphatic heterocycles. The molecule has 1 saturated heterocycles. The van der Waals surface area contributed by atoms with E-state index in [-0.39, 0.29) is 12.4 Å². The number of benzene rings is 1. The van der Waals surface area contributed by atoms with Gasteiger partial charge in [-0.15, -0.1) is 0 Å². The summed E-state index contributed by atoms with van der Waals surface area (Å²) < 4.78 is 4.69. The van der Waals surface area contributed by atoms with Gasteiger partial charge >= 0.3 is 5.97 Å². The van der Waals surface area contributed by atoms with Gasteiger partial charge < -0.3 is 10.1 Å². The Labute approximate surface area is 148 Å². The molecule has 1 N–H and O–H groups in total. The molecule has 6 nitrogen and oxygen atoms in total. The van der Waals surface area contributed by atoms with Gasteiger partial charge in [-0.3, -0.25) is 9.69 Å². The second-order valence-electron chi connectivity index (χ2n) is 6.33. The van der Waals surface area contributed by atoms with Crippen molar-refractivity contribution in [3.63, 3.8) is 0 Å². The molecule has 0 saturated carbocycles. The maximum atomic E-state index is 11.4. The first-order valence-electron chi connectivity index (χ1n) is 8.64. The van der Waals surface area contributed by atoms with E-state index in [2.05, 4.69) is 49.2 Å². The fraction of sp³-hybridized carbons (Fsp3) is 0.421. The number of nitrogens with zero attached hydrogens (tertiary/aromatic N) is 3. The van der Waals surface area contributed by atoms with Crippen LogP contribution in [0.1, 0.15) is 24.1 Å². The normalized spacial score (nSPS) is 17.9. The Hall–Kier alpha value is -2.47. The Balaban J connectivity index is 1.57. The molecule has 1 aromatic carbocycles. The van der Waals surface area contributed by atoms with E-state index in [9.17, 15) is 4.79 Å². The third kappa shape index (κ3) is 5.26. The summed E-state index contributed by atoms with van der Waals surface area (Å²) in [7, 11) is 1.38. The van der Waals surface area contributed by atoms with Gasteiger partial charge in [-0.2, -0.15) is 0 Å². The van der Waals surface area contributed by atoms with Crippen LogP contribution in [0.25, 0.3) is 0 Å². The maximum absolute atomic E-state index is 11.4. The summed E-state index contributed by atoms with van der Waals surface area (Å²) in [6.07, 6.45) is 4.08. The molecule has 25 heavy (non-hydrogen) atoms. The molecule has 1 fully saturated rings. The Morgan fingerprint density at radius 3 is 2.96 bits per heavy atom. The molecule has 132 valence electrons. The molecular formula is C19H24N4O2. The highest BCUT2D eigenvalue weighted by atomic mass is 16.5. The van der Waals surface area contributed by atoms with Gasteiger partial charge in [0.25, 0.3) is 0 Å². The zero-order valence-electron chi connectivity index (χ0n) is 14.5. The first-order chi connectivity index (χ1) is 12.2. The van der Waals surface area contributed by atoms with Gasteiger partial charge in [0.15, 0.2) is 0 Å². The number of anilines is 1. The molecule has 2 aromatic rings. The molecule has 6 heteroatoms. The van der Waals surface area contributed by atoms with Crippen LogP contribution in [-0.4, -0.2) is 47.1 Å². The van der Waals surface area contributed by atoms with Crippen LogP contribution in [0.3, 0.4) is 0 Å². The van der Waals surface area contributed by atoms with E-state index < -0.39 is 0 Å². The summed E-state index contributed by atoms with van der Waals surface area (Å²) in [4.78, 5) is 22.5. The largest absolute Gasteiger partial charge is 0.469 e. The molecule has 0 aliphatic carbocycles. The molecule has 2 heterocycles. The molecular weight excluding hydrogens is 316 g/mol. The lowest BCUT2D eigenvalue weighted by Crippen LogP contribution is -2.41. The molecule has 1 aromatic heterocycles. The van der Waals surface area contributed by atoms with Crippen LogP contribution in [0, 0.1) is 0 Å². The molecule has 0 bridgehead atoms. The van der Waals surface area contributed by atoms with Gasteiger partial charge in [0, 0.05) is 25.3 Å².